The molecule has 0 fully saturated rings. The summed E-state index contributed by atoms with van der Waals surface area (Å²) in [5.41, 5.74) is -4.19. The first-order chi connectivity index (χ1) is 22.7. The summed E-state index contributed by atoms with van der Waals surface area (Å²) < 4.78 is 148. The van der Waals surface area contributed by atoms with Gasteiger partial charge in [0.2, 0.25) is 11.6 Å². The van der Waals surface area contributed by atoms with Gasteiger partial charge in [-0.05, 0) is 42.5 Å². The maximum atomic E-state index is 15.4. The van der Waals surface area contributed by atoms with Gasteiger partial charge >= 0.3 is 0 Å². The van der Waals surface area contributed by atoms with Crippen molar-refractivity contribution in [1.82, 2.24) is 19.9 Å². The number of benzene rings is 2. The van der Waals surface area contributed by atoms with Crippen molar-refractivity contribution < 1.29 is 43.9 Å². The molecule has 0 aliphatic carbocycles. The molecule has 8 bridgehead atoms. The van der Waals surface area contributed by atoms with Gasteiger partial charge in [0.25, 0.3) is 0 Å². The smallest absolute Gasteiger partial charge is 0.200 e. The lowest BCUT2D eigenvalue weighted by Gasteiger charge is -2.13. The van der Waals surface area contributed by atoms with Crippen LogP contribution in [0.1, 0.15) is 25.2 Å². The molecule has 2 aliphatic heterocycles. The van der Waals surface area contributed by atoms with E-state index in [1.807, 2.05) is 13.8 Å². The third-order valence-corrected chi connectivity index (χ3v) is 8.18. The summed E-state index contributed by atoms with van der Waals surface area (Å²) >= 11 is 0. The van der Waals surface area contributed by atoms with Crippen LogP contribution in [-0.2, 0) is 11.8 Å². The zero-order chi connectivity index (χ0) is 34.4. The van der Waals surface area contributed by atoms with E-state index >= 15 is 17.6 Å². The highest BCUT2D eigenvalue weighted by molar-refractivity contribution is 5.87. The molecule has 5 aromatic rings. The average molecular weight is 673 g/mol. The molecule has 0 radical (unpaired) electrons. The second-order valence-corrected chi connectivity index (χ2v) is 11.7. The van der Waals surface area contributed by atoms with Gasteiger partial charge in [-0.1, -0.05) is 19.9 Å². The minimum absolute atomic E-state index is 0.166. The Kier molecular flexibility index (Phi) is 7.04. The summed E-state index contributed by atoms with van der Waals surface area (Å²) in [7, 11) is 0. The fraction of sp³-hybridized carbons (Fsp3) is 0.118. The predicted octanol–water partition coefficient (Wildman–Crippen LogP) is 7.82. The van der Waals surface area contributed by atoms with Gasteiger partial charge in [0, 0.05) is 45.0 Å². The van der Waals surface area contributed by atoms with Crippen LogP contribution in [0.2, 0.25) is 0 Å². The van der Waals surface area contributed by atoms with E-state index in [1.54, 1.807) is 18.2 Å². The lowest BCUT2D eigenvalue weighted by Crippen LogP contribution is -2.12. The lowest BCUT2D eigenvalue weighted by atomic mass is 9.90. The van der Waals surface area contributed by atoms with Gasteiger partial charge in [-0.25, -0.2) is 43.9 Å². The van der Waals surface area contributed by atoms with E-state index in [4.69, 9.17) is 0 Å². The lowest BCUT2D eigenvalue weighted by molar-refractivity contribution is 0.381. The van der Waals surface area contributed by atoms with Crippen LogP contribution in [0.5, 0.6) is 0 Å². The zero-order valence-corrected chi connectivity index (χ0v) is 24.5. The van der Waals surface area contributed by atoms with E-state index in [0.717, 1.165) is 6.08 Å². The average Bonchev–Trinajstić information content (AvgIpc) is 3.86. The predicted molar refractivity (Wildman–Crippen MR) is 156 cm³/mol. The van der Waals surface area contributed by atoms with Gasteiger partial charge in [-0.2, -0.15) is 0 Å². The summed E-state index contributed by atoms with van der Waals surface area (Å²) in [6.45, 7) is 3.67. The zero-order valence-electron chi connectivity index (χ0n) is 24.5. The third kappa shape index (κ3) is 4.68. The Labute approximate surface area is 262 Å². The maximum absolute atomic E-state index is 15.4. The normalized spacial score (nSPS) is 13.8. The number of aromatic amines is 2. The van der Waals surface area contributed by atoms with Crippen LogP contribution < -0.4 is 10.7 Å². The van der Waals surface area contributed by atoms with Crippen molar-refractivity contribution in [2.75, 3.05) is 0 Å². The molecule has 0 spiro atoms. The summed E-state index contributed by atoms with van der Waals surface area (Å²) in [5, 5.41) is 0.0142. The number of H-pyrrole nitrogens is 2. The Bertz CT molecular complexity index is 2470. The van der Waals surface area contributed by atoms with Gasteiger partial charge in [0.15, 0.2) is 46.5 Å². The van der Waals surface area contributed by atoms with Crippen molar-refractivity contribution >= 4 is 34.2 Å². The molecule has 7 rings (SSSR count). The second kappa shape index (κ2) is 10.8. The van der Waals surface area contributed by atoms with Crippen LogP contribution in [0.25, 0.3) is 56.5 Å². The van der Waals surface area contributed by atoms with E-state index in [-0.39, 0.29) is 16.7 Å². The number of hydrogen-bond donors (Lipinski definition) is 2. The highest BCUT2D eigenvalue weighted by atomic mass is 19.2. The van der Waals surface area contributed by atoms with Crippen LogP contribution >= 0.6 is 0 Å². The second-order valence-electron chi connectivity index (χ2n) is 11.7. The van der Waals surface area contributed by atoms with Gasteiger partial charge in [-0.15, -0.1) is 0 Å². The Morgan fingerprint density at radius 3 is 1.54 bits per heavy atom. The largest absolute Gasteiger partial charge is 0.355 e. The summed E-state index contributed by atoms with van der Waals surface area (Å²) in [6, 6.07) is 8.71. The van der Waals surface area contributed by atoms with Gasteiger partial charge in [0.1, 0.15) is 0 Å². The topological polar surface area (TPSA) is 57.4 Å². The van der Waals surface area contributed by atoms with E-state index in [2.05, 4.69) is 19.9 Å². The molecule has 14 heteroatoms. The first-order valence-corrected chi connectivity index (χ1v) is 14.1. The summed E-state index contributed by atoms with van der Waals surface area (Å²) in [5.74, 6) is -22.5. The Morgan fingerprint density at radius 2 is 1.00 bits per heavy atom. The quantitative estimate of drug-likeness (QED) is 0.114. The molecular formula is C34H18F10N4. The number of fused-ring (bicyclic) bond motifs is 8. The van der Waals surface area contributed by atoms with Crippen LogP contribution in [0.15, 0.2) is 36.4 Å². The van der Waals surface area contributed by atoms with Gasteiger partial charge < -0.3 is 9.97 Å². The molecular weight excluding hydrogens is 654 g/mol. The van der Waals surface area contributed by atoms with Crippen molar-refractivity contribution in [2.45, 2.75) is 25.7 Å². The van der Waals surface area contributed by atoms with E-state index in [9.17, 15) is 26.3 Å². The SMILES string of the molecule is CC1(C)C=c2cc3ccc([nH]3)c(-c3c(F)c(F)c(F)c(F)c3F)c3nc(c(-c4c(F)c(F)c(F)c(F)c4F)c4ccc(cc1n2)[nH]4)CC=3. The number of nitrogens with one attached hydrogen (secondary N) is 2. The van der Waals surface area contributed by atoms with Crippen molar-refractivity contribution in [1.29, 1.82) is 0 Å². The van der Waals surface area contributed by atoms with Crippen molar-refractivity contribution in [3.8, 4) is 22.3 Å². The number of aromatic nitrogens is 4. The maximum Gasteiger partial charge on any atom is 0.200 e. The number of nitrogens with zero attached hydrogens (tertiary/aromatic N) is 2. The summed E-state index contributed by atoms with van der Waals surface area (Å²) in [4.78, 5) is 14.6. The van der Waals surface area contributed by atoms with Crippen molar-refractivity contribution in [3.63, 3.8) is 0 Å². The summed E-state index contributed by atoms with van der Waals surface area (Å²) in [6.07, 6.45) is 2.52. The van der Waals surface area contributed by atoms with Gasteiger partial charge in [0.05, 0.1) is 33.2 Å². The highest BCUT2D eigenvalue weighted by Gasteiger charge is 2.31. The molecule has 4 nitrogen and oxygen atoms in total. The molecule has 2 N–H and O–H groups in total. The standard InChI is InChI=1S/C34H18F10N4/c1-34(2)11-14-9-12-3-5-15(45-12)20(22-24(35)28(39)32(43)29(40)25(22)36)17-7-8-18(48-17)21(16-6-4-13(46-16)10-19(34)47-14)23-26(37)30(41)33(44)31(42)27(23)38/h3-7,9-11,45-46H,8H2,1-2H3. The van der Waals surface area contributed by atoms with Crippen LogP contribution in [0, 0.1) is 58.2 Å². The molecule has 0 atom stereocenters. The molecule has 0 unspecified atom stereocenters. The Balaban J connectivity index is 1.73. The molecule has 48 heavy (non-hydrogen) atoms. The molecule has 0 saturated carbocycles. The molecule has 5 heterocycles. The van der Waals surface area contributed by atoms with Gasteiger partial charge in [-0.3, -0.25) is 9.97 Å². The Hall–Kier alpha value is -5.40. The first kappa shape index (κ1) is 31.2. The van der Waals surface area contributed by atoms with Crippen LogP contribution in [-0.4, -0.2) is 19.9 Å². The highest BCUT2D eigenvalue weighted by Crippen LogP contribution is 2.37. The minimum atomic E-state index is -2.40. The Morgan fingerprint density at radius 1 is 0.542 bits per heavy atom. The number of halogens is 10. The number of rotatable bonds is 2. The fourth-order valence-electron chi connectivity index (χ4n) is 5.87. The molecule has 244 valence electrons. The van der Waals surface area contributed by atoms with Crippen molar-refractivity contribution in [3.05, 3.63) is 117 Å². The van der Waals surface area contributed by atoms with Crippen molar-refractivity contribution in [2.24, 2.45) is 0 Å². The monoisotopic (exact) mass is 672 g/mol. The fourth-order valence-corrected chi connectivity index (χ4v) is 5.87. The van der Waals surface area contributed by atoms with Crippen LogP contribution in [0.4, 0.5) is 43.9 Å². The van der Waals surface area contributed by atoms with E-state index < -0.39 is 97.6 Å². The molecule has 0 saturated heterocycles. The van der Waals surface area contributed by atoms with E-state index in [0.29, 0.717) is 22.1 Å². The van der Waals surface area contributed by atoms with Crippen LogP contribution in [0.3, 0.4) is 0 Å². The number of hydrogen-bond acceptors (Lipinski definition) is 2. The first-order valence-electron chi connectivity index (χ1n) is 14.1. The minimum Gasteiger partial charge on any atom is -0.355 e. The van der Waals surface area contributed by atoms with E-state index in [1.165, 1.54) is 24.3 Å². The molecule has 3 aromatic heterocycles. The molecule has 2 aliphatic rings. The third-order valence-electron chi connectivity index (χ3n) is 8.18. The molecule has 2 aromatic carbocycles. The molecule has 0 amide bonds.